The number of rotatable bonds is 6. The van der Waals surface area contributed by atoms with E-state index in [0.29, 0.717) is 5.56 Å². The van der Waals surface area contributed by atoms with Crippen molar-refractivity contribution < 1.29 is 13.9 Å². The minimum Gasteiger partial charge on any atom is -0.503 e. The first-order chi connectivity index (χ1) is 10.5. The number of unbranched alkanes of at least 4 members (excludes halogenated alkanes) is 3. The molecule has 1 aliphatic rings. The van der Waals surface area contributed by atoms with Gasteiger partial charge in [0.15, 0.2) is 17.4 Å². The Balaban J connectivity index is 1.99. The van der Waals surface area contributed by atoms with Crippen LogP contribution in [0.5, 0.6) is 5.75 Å². The van der Waals surface area contributed by atoms with Gasteiger partial charge in [0.05, 0.1) is 6.17 Å². The van der Waals surface area contributed by atoms with Gasteiger partial charge in [-0.25, -0.2) is 8.78 Å². The largest absolute Gasteiger partial charge is 0.503 e. The summed E-state index contributed by atoms with van der Waals surface area (Å²) in [5.74, 6) is -2.80. The molecule has 5 heteroatoms. The van der Waals surface area contributed by atoms with E-state index in [2.05, 4.69) is 17.1 Å². The van der Waals surface area contributed by atoms with Crippen LogP contribution in [0.1, 0.15) is 44.6 Å². The molecule has 0 spiro atoms. The molecule has 3 nitrogen and oxygen atoms in total. The molecule has 1 heterocycles. The maximum Gasteiger partial charge on any atom is 0.187 e. The van der Waals surface area contributed by atoms with Crippen LogP contribution in [0.25, 0.3) is 6.08 Å². The van der Waals surface area contributed by atoms with Crippen molar-refractivity contribution in [2.24, 2.45) is 0 Å². The number of phenolic OH excluding ortho intramolecular Hbond substituents is 1. The van der Waals surface area contributed by atoms with Crippen molar-refractivity contribution in [3.8, 4) is 5.75 Å². The highest BCUT2D eigenvalue weighted by atomic mass is 19.1. The van der Waals surface area contributed by atoms with E-state index in [9.17, 15) is 8.78 Å². The summed E-state index contributed by atoms with van der Waals surface area (Å²) in [5, 5.41) is 12.5. The summed E-state index contributed by atoms with van der Waals surface area (Å²) in [4.78, 5) is 2.20. The first kappa shape index (κ1) is 16.7. The minimum atomic E-state index is -0.936. The van der Waals surface area contributed by atoms with E-state index in [1.165, 1.54) is 25.7 Å². The van der Waals surface area contributed by atoms with E-state index in [0.717, 1.165) is 30.8 Å². The second-order valence-electron chi connectivity index (χ2n) is 5.93. The monoisotopic (exact) mass is 310 g/mol. The number of aromatic hydroxyl groups is 1. The molecule has 2 rings (SSSR count). The Morgan fingerprint density at radius 2 is 1.95 bits per heavy atom. The fraction of sp³-hybridized carbons (Fsp3) is 0.529. The second-order valence-corrected chi connectivity index (χ2v) is 5.93. The lowest BCUT2D eigenvalue weighted by atomic mass is 10.1. The van der Waals surface area contributed by atoms with Gasteiger partial charge in [-0.15, -0.1) is 0 Å². The third kappa shape index (κ3) is 4.19. The van der Waals surface area contributed by atoms with Crippen LogP contribution >= 0.6 is 0 Å². The molecule has 1 aromatic carbocycles. The zero-order valence-corrected chi connectivity index (χ0v) is 13.2. The van der Waals surface area contributed by atoms with Crippen LogP contribution in [0.2, 0.25) is 0 Å². The molecule has 0 radical (unpaired) electrons. The van der Waals surface area contributed by atoms with E-state index >= 15 is 0 Å². The average Bonchev–Trinajstić information content (AvgIpc) is 2.81. The van der Waals surface area contributed by atoms with Crippen molar-refractivity contribution in [1.82, 2.24) is 10.2 Å². The number of likely N-dealkylation sites (N-methyl/N-ethyl adjacent to an activating group) is 1. The summed E-state index contributed by atoms with van der Waals surface area (Å²) >= 11 is 0. The lowest BCUT2D eigenvalue weighted by molar-refractivity contribution is 0.273. The van der Waals surface area contributed by atoms with Gasteiger partial charge in [0, 0.05) is 12.2 Å². The lowest BCUT2D eigenvalue weighted by Crippen LogP contribution is -2.32. The predicted octanol–water partition coefficient (Wildman–Crippen LogP) is 3.84. The van der Waals surface area contributed by atoms with Gasteiger partial charge in [0.1, 0.15) is 0 Å². The summed E-state index contributed by atoms with van der Waals surface area (Å²) in [5.41, 5.74) is 1.35. The van der Waals surface area contributed by atoms with Crippen LogP contribution in [-0.2, 0) is 0 Å². The Morgan fingerprint density at radius 1 is 1.27 bits per heavy atom. The fourth-order valence-corrected chi connectivity index (χ4v) is 2.76. The zero-order valence-electron chi connectivity index (χ0n) is 13.2. The molecule has 22 heavy (non-hydrogen) atoms. The second kappa shape index (κ2) is 7.58. The van der Waals surface area contributed by atoms with Gasteiger partial charge in [0.2, 0.25) is 0 Å². The van der Waals surface area contributed by atoms with E-state index < -0.39 is 17.4 Å². The van der Waals surface area contributed by atoms with Crippen LogP contribution in [0.3, 0.4) is 0 Å². The number of hydrogen-bond donors (Lipinski definition) is 2. The fourth-order valence-electron chi connectivity index (χ4n) is 2.76. The van der Waals surface area contributed by atoms with E-state index in [-0.39, 0.29) is 6.17 Å². The molecule has 2 N–H and O–H groups in total. The Labute approximate surface area is 130 Å². The first-order valence-corrected chi connectivity index (χ1v) is 7.86. The highest BCUT2D eigenvalue weighted by Gasteiger charge is 2.23. The molecule has 0 aliphatic carbocycles. The molecule has 1 atom stereocenters. The standard InChI is InChI=1S/C17H24F2N2O/c1-3-4-5-6-7-16-20-13(11-21(16)2)8-12-9-14(18)17(22)15(19)10-12/h8-10,16,20,22H,3-7,11H2,1-2H3/b13-8-. The molecule has 1 aromatic rings. The van der Waals surface area contributed by atoms with Crippen molar-refractivity contribution in [3.05, 3.63) is 35.0 Å². The molecule has 0 saturated carbocycles. The average molecular weight is 310 g/mol. The molecule has 1 unspecified atom stereocenters. The predicted molar refractivity (Wildman–Crippen MR) is 84.3 cm³/mol. The van der Waals surface area contributed by atoms with Gasteiger partial charge in [-0.05, 0) is 37.2 Å². The van der Waals surface area contributed by atoms with Crippen molar-refractivity contribution in [2.75, 3.05) is 13.6 Å². The van der Waals surface area contributed by atoms with Crippen LogP contribution in [0, 0.1) is 11.6 Å². The molecule has 1 saturated heterocycles. The smallest absolute Gasteiger partial charge is 0.187 e. The molecule has 0 bridgehead atoms. The summed E-state index contributed by atoms with van der Waals surface area (Å²) in [7, 11) is 2.04. The number of phenols is 1. The third-order valence-corrected chi connectivity index (χ3v) is 4.02. The van der Waals surface area contributed by atoms with E-state index in [1.807, 2.05) is 7.05 Å². The summed E-state index contributed by atoms with van der Waals surface area (Å²) in [6, 6.07) is 2.28. The number of halogens is 2. The Morgan fingerprint density at radius 3 is 2.59 bits per heavy atom. The van der Waals surface area contributed by atoms with Gasteiger partial charge in [0.25, 0.3) is 0 Å². The maximum atomic E-state index is 13.4. The molecule has 1 aliphatic heterocycles. The Hall–Kier alpha value is -1.62. The highest BCUT2D eigenvalue weighted by molar-refractivity contribution is 5.55. The van der Waals surface area contributed by atoms with Crippen molar-refractivity contribution in [3.63, 3.8) is 0 Å². The SMILES string of the molecule is CCCCCCC1N/C(=C\c2cc(F)c(O)c(F)c2)CN1C. The molecule has 0 aromatic heterocycles. The summed E-state index contributed by atoms with van der Waals surface area (Å²) < 4.78 is 26.7. The van der Waals surface area contributed by atoms with Gasteiger partial charge in [-0.2, -0.15) is 0 Å². The summed E-state index contributed by atoms with van der Waals surface area (Å²) in [6.07, 6.45) is 7.94. The zero-order chi connectivity index (χ0) is 16.1. The quantitative estimate of drug-likeness (QED) is 0.784. The highest BCUT2D eigenvalue weighted by Crippen LogP contribution is 2.24. The van der Waals surface area contributed by atoms with E-state index in [4.69, 9.17) is 5.11 Å². The molecule has 0 amide bonds. The summed E-state index contributed by atoms with van der Waals surface area (Å²) in [6.45, 7) is 2.92. The van der Waals surface area contributed by atoms with Gasteiger partial charge >= 0.3 is 0 Å². The van der Waals surface area contributed by atoms with Gasteiger partial charge in [-0.1, -0.05) is 32.6 Å². The Bertz CT molecular complexity index is 522. The topological polar surface area (TPSA) is 35.5 Å². The normalized spacial score (nSPS) is 20.5. The van der Waals surface area contributed by atoms with Crippen LogP contribution in [-0.4, -0.2) is 29.8 Å². The number of nitrogens with zero attached hydrogens (tertiary/aromatic N) is 1. The van der Waals surface area contributed by atoms with Crippen molar-refractivity contribution in [1.29, 1.82) is 0 Å². The van der Waals surface area contributed by atoms with Crippen LogP contribution in [0.4, 0.5) is 8.78 Å². The lowest BCUT2D eigenvalue weighted by Gasteiger charge is -2.18. The van der Waals surface area contributed by atoms with Crippen molar-refractivity contribution in [2.45, 2.75) is 45.2 Å². The van der Waals surface area contributed by atoms with Gasteiger partial charge in [-0.3, -0.25) is 4.90 Å². The number of benzene rings is 1. The third-order valence-electron chi connectivity index (χ3n) is 4.02. The van der Waals surface area contributed by atoms with Crippen LogP contribution < -0.4 is 5.32 Å². The maximum absolute atomic E-state index is 13.4. The van der Waals surface area contributed by atoms with Gasteiger partial charge < -0.3 is 10.4 Å². The molecular formula is C17H24F2N2O. The number of nitrogens with one attached hydrogen (secondary N) is 1. The first-order valence-electron chi connectivity index (χ1n) is 7.86. The molecular weight excluding hydrogens is 286 g/mol. The van der Waals surface area contributed by atoms with Crippen LogP contribution in [0.15, 0.2) is 17.8 Å². The Kier molecular flexibility index (Phi) is 5.77. The number of hydrogen-bond acceptors (Lipinski definition) is 3. The minimum absolute atomic E-state index is 0.273. The molecule has 122 valence electrons. The van der Waals surface area contributed by atoms with Crippen molar-refractivity contribution >= 4 is 6.08 Å². The molecule has 1 fully saturated rings. The van der Waals surface area contributed by atoms with E-state index in [1.54, 1.807) is 6.08 Å².